The van der Waals surface area contributed by atoms with Crippen LogP contribution in [0.5, 0.6) is 0 Å². The van der Waals surface area contributed by atoms with Crippen LogP contribution in [0, 0.1) is 0 Å². The van der Waals surface area contributed by atoms with Gasteiger partial charge in [0.05, 0.1) is 13.2 Å². The summed E-state index contributed by atoms with van der Waals surface area (Å²) in [5.41, 5.74) is 0. The maximum Gasteiger partial charge on any atom is 0.590 e. The molecule has 2 aliphatic heterocycles. The zero-order valence-corrected chi connectivity index (χ0v) is 32.6. The Bertz CT molecular complexity index is 2350. The van der Waals surface area contributed by atoms with Crippen LogP contribution in [0.15, 0.2) is 0 Å². The molecule has 2 heterocycles. The van der Waals surface area contributed by atoms with Crippen molar-refractivity contribution < 1.29 is 156 Å². The second-order valence-corrected chi connectivity index (χ2v) is 18.6. The van der Waals surface area contributed by atoms with Crippen LogP contribution in [0.3, 0.4) is 0 Å². The van der Waals surface area contributed by atoms with Crippen LogP contribution in [0.4, 0.5) is 0 Å². The predicted molar refractivity (Wildman–Crippen MR) is 157 cm³/mol. The molecule has 10 atom stereocenters. The fourth-order valence-corrected chi connectivity index (χ4v) is 7.79. The topological polar surface area (TPSA) is 566 Å². The summed E-state index contributed by atoms with van der Waals surface area (Å²) in [4.78, 5) is 0. The molecule has 2 rings (SSSR count). The molecular formula is C12H24NO36S8+. The highest BCUT2D eigenvalue weighted by atomic mass is 32.3. The van der Waals surface area contributed by atoms with Crippen LogP contribution in [-0.4, -0.2) is 175 Å². The third kappa shape index (κ3) is 17.7. The minimum Gasteiger partial charge on any atom is -0.341 e. The summed E-state index contributed by atoms with van der Waals surface area (Å²) in [7, 11) is -47.7. The third-order valence-electron chi connectivity index (χ3n) is 5.89. The molecule has 37 nitrogen and oxygen atoms in total. The molecule has 10 N–H and O–H groups in total. The van der Waals surface area contributed by atoms with E-state index in [0.29, 0.717) is 0 Å². The Labute approximate surface area is 318 Å². The van der Waals surface area contributed by atoms with Gasteiger partial charge in [-0.05, 0) is 3.94 Å². The van der Waals surface area contributed by atoms with Crippen molar-refractivity contribution >= 4 is 83.2 Å². The van der Waals surface area contributed by atoms with Crippen molar-refractivity contribution in [2.45, 2.75) is 54.8 Å². The number of rotatable bonds is 22. The largest absolute Gasteiger partial charge is 0.590 e. The molecule has 45 heteroatoms. The Kier molecular flexibility index (Phi) is 16.7. The Morgan fingerprint density at radius 1 is 0.544 bits per heavy atom. The van der Waals surface area contributed by atoms with Gasteiger partial charge in [-0.2, -0.15) is 63.1 Å². The molecule has 0 aromatic heterocycles. The predicted octanol–water partition coefficient (Wildman–Crippen LogP) is -7.22. The molecule has 0 saturated carbocycles. The highest BCUT2D eigenvalue weighted by molar-refractivity contribution is 7.82. The molecule has 1 unspecified atom stereocenters. The number of hydrogen-bond acceptors (Lipinski definition) is 28. The van der Waals surface area contributed by atoms with Gasteiger partial charge < -0.3 is 14.2 Å². The molecule has 0 radical (unpaired) electrons. The molecule has 0 amide bonds. The van der Waals surface area contributed by atoms with Crippen LogP contribution in [-0.2, 0) is 139 Å². The van der Waals surface area contributed by atoms with Gasteiger partial charge in [0.25, 0.3) is 0 Å². The lowest BCUT2D eigenvalue weighted by molar-refractivity contribution is -0.374. The number of nitrogens with two attached hydrogens (primary N) is 1. The molecule has 0 aromatic rings. The van der Waals surface area contributed by atoms with Gasteiger partial charge in [0, 0.05) is 5.90 Å². The minimum absolute atomic E-state index is 1.93. The first-order valence-corrected chi connectivity index (χ1v) is 23.6. The van der Waals surface area contributed by atoms with Gasteiger partial charge in [-0.1, -0.05) is 4.33 Å². The van der Waals surface area contributed by atoms with E-state index in [9.17, 15) is 85.9 Å². The number of ether oxygens (including phenoxy) is 3. The average Bonchev–Trinajstić information content (AvgIpc) is 3.24. The first-order chi connectivity index (χ1) is 25.3. The molecule has 0 aromatic carbocycles. The maximum absolute atomic E-state index is 12.2. The highest BCUT2D eigenvalue weighted by Gasteiger charge is 2.65. The zero-order valence-electron chi connectivity index (χ0n) is 26.1. The fourth-order valence-electron chi connectivity index (χ4n) is 4.27. The summed E-state index contributed by atoms with van der Waals surface area (Å²) in [6.07, 6.45) is -25.8. The van der Waals surface area contributed by atoms with Gasteiger partial charge in [0.15, 0.2) is 18.5 Å². The standard InChI is InChI=1S/C12H23NO36S8/c13-48-56(33,34)46-6-4(1-37-50(15,16)17)40-11(9(45-55(30,31)32)8(6)44-54(27,28)29)42-12(3-39-52(21,22)23)10(47-57(35,36)49-14)7(43-53(24,25)26)5(41-12)2-38-51(18,19)20/h4-11H,1-3,13H2,(H7-,14,15,16,17,18,19,20,21,22,23,24,25,26,27,28,29,30,31,32,33,34)/p+1/t4-,5-,6-,7-,8+,9-,10+,11-,12+/m1/s1. The Balaban J connectivity index is 3.12. The first kappa shape index (κ1) is 51.9. The fraction of sp³-hybridized carbons (Fsp3) is 1.00. The van der Waals surface area contributed by atoms with Crippen molar-refractivity contribution in [3.8, 4) is 0 Å². The first-order valence-electron chi connectivity index (χ1n) is 12.7. The quantitative estimate of drug-likeness (QED) is 0.0211. The summed E-state index contributed by atoms with van der Waals surface area (Å²) in [5, 5.41) is 8.81. The summed E-state index contributed by atoms with van der Waals surface area (Å²) < 4.78 is 297. The summed E-state index contributed by atoms with van der Waals surface area (Å²) in [6, 6.07) is 0. The van der Waals surface area contributed by atoms with Gasteiger partial charge in [-0.25, -0.2) is 39.1 Å². The molecule has 57 heavy (non-hydrogen) atoms. The normalized spacial score (nSPS) is 30.8. The highest BCUT2D eigenvalue weighted by Crippen LogP contribution is 2.43. The van der Waals surface area contributed by atoms with Crippen LogP contribution < -0.4 is 5.90 Å². The molecule has 2 saturated heterocycles. The SMILES string of the molecule is N[O+]=S(=O)(O)O[C@H]1[C@H](OS(=O)(=O)O)[C@@H](OS(=O)(=O)O)[C@@H](O[C@]2(COS(=O)(=O)O)O[C@H](COS(=O)(=O)O)[C@@H](OS(=O)(=O)O)[C@@H]2OS(=O)(=O)OO)O[C@@H]1COS(=O)(=O)O. The lowest BCUT2D eigenvalue weighted by Gasteiger charge is -2.45. The third-order valence-corrected chi connectivity index (χ3v) is 9.91. The van der Waals surface area contributed by atoms with Crippen molar-refractivity contribution in [2.24, 2.45) is 5.90 Å². The second kappa shape index (κ2) is 18.4. The van der Waals surface area contributed by atoms with Gasteiger partial charge in [-0.3, -0.25) is 27.3 Å². The van der Waals surface area contributed by atoms with Crippen molar-refractivity contribution in [1.82, 2.24) is 0 Å². The van der Waals surface area contributed by atoms with Gasteiger partial charge in [0.2, 0.25) is 5.79 Å². The van der Waals surface area contributed by atoms with E-state index < -0.39 is 158 Å². The summed E-state index contributed by atoms with van der Waals surface area (Å²) >= 11 is 0. The van der Waals surface area contributed by atoms with E-state index in [0.717, 1.165) is 0 Å². The van der Waals surface area contributed by atoms with E-state index in [1.54, 1.807) is 0 Å². The molecule has 340 valence electrons. The smallest absolute Gasteiger partial charge is 0.341 e. The molecular weight excluding hydrogens is 991 g/mol. The zero-order chi connectivity index (χ0) is 44.4. The molecule has 0 spiro atoms. The van der Waals surface area contributed by atoms with Crippen molar-refractivity contribution in [3.05, 3.63) is 0 Å². The number of hydrogen-bond donors (Lipinski definition) is 9. The van der Waals surface area contributed by atoms with Crippen molar-refractivity contribution in [3.63, 3.8) is 0 Å². The lowest BCUT2D eigenvalue weighted by atomic mass is 9.99. The lowest BCUT2D eigenvalue weighted by Crippen LogP contribution is -2.66. The molecule has 2 fully saturated rings. The van der Waals surface area contributed by atoms with E-state index in [1.165, 1.54) is 0 Å². The Hall–Kier alpha value is -1.24. The average molecular weight is 1010 g/mol. The van der Waals surface area contributed by atoms with Crippen LogP contribution in [0.2, 0.25) is 0 Å². The maximum atomic E-state index is 12.2. The minimum atomic E-state index is -6.25. The molecule has 0 bridgehead atoms. The summed E-state index contributed by atoms with van der Waals surface area (Å²) in [5.74, 6) is 0.422. The van der Waals surface area contributed by atoms with E-state index in [1.807, 2.05) is 0 Å². The van der Waals surface area contributed by atoms with E-state index >= 15 is 0 Å². The Morgan fingerprint density at radius 2 is 0.982 bits per heavy atom. The van der Waals surface area contributed by atoms with E-state index in [2.05, 4.69) is 47.6 Å². The Morgan fingerprint density at radius 3 is 1.40 bits per heavy atom. The van der Waals surface area contributed by atoms with Gasteiger partial charge in [-0.15, -0.1) is 4.21 Å². The summed E-state index contributed by atoms with van der Waals surface area (Å²) in [6.45, 7) is -6.23. The van der Waals surface area contributed by atoms with Gasteiger partial charge >= 0.3 is 83.2 Å². The second-order valence-electron chi connectivity index (χ2n) is 9.79. The van der Waals surface area contributed by atoms with Gasteiger partial charge in [0.1, 0.15) is 37.1 Å². The van der Waals surface area contributed by atoms with Crippen LogP contribution >= 0.6 is 0 Å². The van der Waals surface area contributed by atoms with Crippen LogP contribution in [0.1, 0.15) is 0 Å². The van der Waals surface area contributed by atoms with Crippen molar-refractivity contribution in [1.29, 1.82) is 0 Å². The molecule has 0 aliphatic carbocycles. The van der Waals surface area contributed by atoms with Crippen molar-refractivity contribution in [2.75, 3.05) is 19.8 Å². The van der Waals surface area contributed by atoms with E-state index in [4.69, 9.17) is 28.6 Å². The van der Waals surface area contributed by atoms with Crippen LogP contribution in [0.25, 0.3) is 0 Å². The molecule has 2 aliphatic rings. The monoisotopic (exact) mass is 1010 g/mol. The van der Waals surface area contributed by atoms with E-state index in [-0.39, 0.29) is 0 Å².